The van der Waals surface area contributed by atoms with Crippen LogP contribution in [0.5, 0.6) is 5.75 Å². The fourth-order valence-electron chi connectivity index (χ4n) is 5.25. The molecule has 2 aliphatic heterocycles. The van der Waals surface area contributed by atoms with Crippen LogP contribution in [0.3, 0.4) is 0 Å². The minimum Gasteiger partial charge on any atom is -0.493 e. The van der Waals surface area contributed by atoms with E-state index in [0.29, 0.717) is 77.1 Å². The van der Waals surface area contributed by atoms with E-state index in [0.717, 1.165) is 17.0 Å². The van der Waals surface area contributed by atoms with Crippen molar-refractivity contribution in [1.29, 1.82) is 0 Å². The number of morpholine rings is 1. The Labute approximate surface area is 229 Å². The molecule has 0 spiro atoms. The zero-order valence-electron chi connectivity index (χ0n) is 20.3. The predicted octanol–water partition coefficient (Wildman–Crippen LogP) is 6.69. The van der Waals surface area contributed by atoms with Gasteiger partial charge in [0.15, 0.2) is 0 Å². The van der Waals surface area contributed by atoms with Crippen molar-refractivity contribution in [2.45, 2.75) is 12.3 Å². The highest BCUT2D eigenvalue weighted by atomic mass is 35.5. The van der Waals surface area contributed by atoms with Gasteiger partial charge in [0.2, 0.25) is 5.91 Å². The average Bonchev–Trinajstić information content (AvgIpc) is 2.92. The number of halogens is 3. The number of ether oxygens (including phenoxy) is 2. The van der Waals surface area contributed by atoms with Crippen LogP contribution in [0, 0.1) is 5.82 Å². The molecule has 1 saturated heterocycles. The monoisotopic (exact) mass is 551 g/mol. The normalized spacial score (nSPS) is 17.1. The second-order valence-electron chi connectivity index (χ2n) is 9.31. The number of amides is 1. The Morgan fingerprint density at radius 2 is 1.79 bits per heavy atom. The van der Waals surface area contributed by atoms with E-state index in [1.807, 2.05) is 24.3 Å². The molecule has 0 radical (unpaired) electrons. The van der Waals surface area contributed by atoms with E-state index in [1.165, 1.54) is 6.07 Å². The van der Waals surface area contributed by atoms with Gasteiger partial charge in [-0.1, -0.05) is 41.4 Å². The summed E-state index contributed by atoms with van der Waals surface area (Å²) in [4.78, 5) is 20.4. The number of nitrogens with zero attached hydrogens (tertiary/aromatic N) is 2. The number of carbonyl (C=O) groups is 1. The number of anilines is 2. The topological polar surface area (TPSA) is 63.7 Å². The molecular weight excluding hydrogens is 528 g/mol. The summed E-state index contributed by atoms with van der Waals surface area (Å²) in [5, 5.41) is 4.64. The molecule has 4 aromatic rings. The summed E-state index contributed by atoms with van der Waals surface area (Å²) in [6.07, 6.45) is 2.17. The van der Waals surface area contributed by atoms with Gasteiger partial charge in [-0.3, -0.25) is 9.78 Å². The van der Waals surface area contributed by atoms with Gasteiger partial charge in [0.1, 0.15) is 11.6 Å². The molecule has 9 heteroatoms. The molecule has 0 aliphatic carbocycles. The van der Waals surface area contributed by atoms with Crippen LogP contribution >= 0.6 is 23.2 Å². The number of rotatable bonds is 4. The number of aromatic nitrogens is 1. The summed E-state index contributed by atoms with van der Waals surface area (Å²) in [5.74, 6) is -0.206. The van der Waals surface area contributed by atoms with E-state index in [-0.39, 0.29) is 11.8 Å². The molecule has 3 heterocycles. The van der Waals surface area contributed by atoms with E-state index < -0.39 is 5.82 Å². The maximum atomic E-state index is 15.3. The van der Waals surface area contributed by atoms with Gasteiger partial charge in [-0.05, 0) is 48.4 Å². The third-order valence-corrected chi connectivity index (χ3v) is 7.41. The van der Waals surface area contributed by atoms with Crippen molar-refractivity contribution in [2.24, 2.45) is 0 Å². The van der Waals surface area contributed by atoms with Crippen LogP contribution in [0.15, 0.2) is 60.8 Å². The summed E-state index contributed by atoms with van der Waals surface area (Å²) in [6, 6.07) is 15.7. The molecule has 2 aliphatic rings. The SMILES string of the molecule is O=C(Nc1cnc2c(-c3cc(Cl)cc(Cl)c3)c(F)ccc2c1N1CCOCC1)C1CCOc2ccccc21. The minimum atomic E-state index is -0.438. The van der Waals surface area contributed by atoms with Crippen molar-refractivity contribution in [3.05, 3.63) is 82.2 Å². The van der Waals surface area contributed by atoms with Gasteiger partial charge in [-0.2, -0.15) is 0 Å². The second-order valence-corrected chi connectivity index (χ2v) is 10.2. The molecule has 0 bridgehead atoms. The highest BCUT2D eigenvalue weighted by molar-refractivity contribution is 6.35. The Bertz CT molecular complexity index is 1520. The average molecular weight is 552 g/mol. The third kappa shape index (κ3) is 4.66. The Kier molecular flexibility index (Phi) is 6.82. The number of benzene rings is 3. The van der Waals surface area contributed by atoms with Crippen LogP contribution in [0.1, 0.15) is 17.9 Å². The zero-order chi connectivity index (χ0) is 26.2. The lowest BCUT2D eigenvalue weighted by atomic mass is 9.92. The summed E-state index contributed by atoms with van der Waals surface area (Å²) in [6.45, 7) is 2.80. The van der Waals surface area contributed by atoms with Gasteiger partial charge in [0.25, 0.3) is 0 Å². The van der Waals surface area contributed by atoms with Gasteiger partial charge >= 0.3 is 0 Å². The second kappa shape index (κ2) is 10.4. The lowest BCUT2D eigenvalue weighted by Crippen LogP contribution is -2.37. The van der Waals surface area contributed by atoms with Gasteiger partial charge in [-0.15, -0.1) is 0 Å². The van der Waals surface area contributed by atoms with Gasteiger partial charge in [0.05, 0.1) is 48.8 Å². The molecule has 194 valence electrons. The number of carbonyl (C=O) groups excluding carboxylic acids is 1. The number of pyridine rings is 1. The summed E-state index contributed by atoms with van der Waals surface area (Å²) >= 11 is 12.5. The lowest BCUT2D eigenvalue weighted by Gasteiger charge is -2.32. The summed E-state index contributed by atoms with van der Waals surface area (Å²) < 4.78 is 26.6. The minimum absolute atomic E-state index is 0.139. The molecule has 3 aromatic carbocycles. The van der Waals surface area contributed by atoms with Crippen molar-refractivity contribution >= 4 is 51.4 Å². The number of fused-ring (bicyclic) bond motifs is 2. The molecule has 1 fully saturated rings. The van der Waals surface area contributed by atoms with Gasteiger partial charge in [-0.25, -0.2) is 4.39 Å². The Balaban J connectivity index is 1.47. The van der Waals surface area contributed by atoms with Gasteiger partial charge in [0, 0.05) is 39.6 Å². The van der Waals surface area contributed by atoms with E-state index in [9.17, 15) is 4.79 Å². The maximum absolute atomic E-state index is 15.3. The first-order valence-corrected chi connectivity index (χ1v) is 13.2. The van der Waals surface area contributed by atoms with Crippen molar-refractivity contribution in [3.63, 3.8) is 0 Å². The molecule has 6 rings (SSSR count). The number of para-hydroxylation sites is 1. The standard InChI is InChI=1S/C29H24Cl2FN3O3/c30-18-13-17(14-19(31)15-18)26-23(32)6-5-22-27(26)33-16-24(28(22)35-8-11-37-12-9-35)34-29(36)21-7-10-38-25-4-2-1-3-20(21)25/h1-6,13-16,21H,7-12H2,(H,34,36). The molecule has 6 nitrogen and oxygen atoms in total. The first-order chi connectivity index (χ1) is 18.5. The quantitative estimate of drug-likeness (QED) is 0.306. The molecule has 1 amide bonds. The first kappa shape index (κ1) is 24.9. The zero-order valence-corrected chi connectivity index (χ0v) is 21.9. The number of hydrogen-bond acceptors (Lipinski definition) is 5. The van der Waals surface area contributed by atoms with Crippen LogP contribution in [-0.4, -0.2) is 43.8 Å². The highest BCUT2D eigenvalue weighted by Crippen LogP contribution is 2.41. The van der Waals surface area contributed by atoms with E-state index in [1.54, 1.807) is 30.5 Å². The molecular formula is C29H24Cl2FN3O3. The number of hydrogen-bond donors (Lipinski definition) is 1. The molecule has 1 atom stereocenters. The van der Waals surface area contributed by atoms with Crippen molar-refractivity contribution in [2.75, 3.05) is 43.1 Å². The van der Waals surface area contributed by atoms with E-state index in [2.05, 4.69) is 15.2 Å². The van der Waals surface area contributed by atoms with Crippen molar-refractivity contribution in [3.8, 4) is 16.9 Å². The first-order valence-electron chi connectivity index (χ1n) is 12.4. The molecule has 1 N–H and O–H groups in total. The fraction of sp³-hybridized carbons (Fsp3) is 0.241. The Morgan fingerprint density at radius 3 is 2.58 bits per heavy atom. The van der Waals surface area contributed by atoms with Crippen LogP contribution in [0.4, 0.5) is 15.8 Å². The van der Waals surface area contributed by atoms with Crippen molar-refractivity contribution in [1.82, 2.24) is 4.98 Å². The smallest absolute Gasteiger partial charge is 0.232 e. The number of nitrogens with one attached hydrogen (secondary N) is 1. The van der Waals surface area contributed by atoms with Crippen LogP contribution in [0.25, 0.3) is 22.0 Å². The van der Waals surface area contributed by atoms with E-state index >= 15 is 4.39 Å². The molecule has 38 heavy (non-hydrogen) atoms. The molecule has 0 saturated carbocycles. The van der Waals surface area contributed by atoms with Crippen LogP contribution < -0.4 is 15.0 Å². The third-order valence-electron chi connectivity index (χ3n) is 6.97. The lowest BCUT2D eigenvalue weighted by molar-refractivity contribution is -0.118. The summed E-state index contributed by atoms with van der Waals surface area (Å²) in [7, 11) is 0. The van der Waals surface area contributed by atoms with Crippen LogP contribution in [-0.2, 0) is 9.53 Å². The summed E-state index contributed by atoms with van der Waals surface area (Å²) in [5.41, 5.74) is 3.50. The fourth-order valence-corrected chi connectivity index (χ4v) is 5.78. The molecule has 1 aromatic heterocycles. The van der Waals surface area contributed by atoms with Crippen molar-refractivity contribution < 1.29 is 18.7 Å². The van der Waals surface area contributed by atoms with Gasteiger partial charge < -0.3 is 19.7 Å². The Hall–Kier alpha value is -3.39. The highest BCUT2D eigenvalue weighted by Gasteiger charge is 2.29. The predicted molar refractivity (Wildman–Crippen MR) is 148 cm³/mol. The van der Waals surface area contributed by atoms with E-state index in [4.69, 9.17) is 32.7 Å². The maximum Gasteiger partial charge on any atom is 0.232 e. The Morgan fingerprint density at radius 1 is 1.03 bits per heavy atom. The largest absolute Gasteiger partial charge is 0.493 e. The molecule has 1 unspecified atom stereocenters. The van der Waals surface area contributed by atoms with Crippen LogP contribution in [0.2, 0.25) is 10.0 Å².